The molecule has 0 atom stereocenters. The van der Waals surface area contributed by atoms with Crippen molar-refractivity contribution in [2.24, 2.45) is 4.99 Å². The van der Waals surface area contributed by atoms with E-state index in [1.165, 1.54) is 0 Å². The van der Waals surface area contributed by atoms with Crippen LogP contribution < -0.4 is 20.1 Å². The molecule has 0 amide bonds. The molecular weight excluding hydrogens is 497 g/mol. The molecule has 0 bridgehead atoms. The molecule has 0 saturated heterocycles. The smallest absolute Gasteiger partial charge is 0.191 e. The van der Waals surface area contributed by atoms with Crippen molar-refractivity contribution in [3.8, 4) is 11.5 Å². The Morgan fingerprint density at radius 2 is 1.87 bits per heavy atom. The van der Waals surface area contributed by atoms with Gasteiger partial charge in [0.05, 0.1) is 20.5 Å². The lowest BCUT2D eigenvalue weighted by Gasteiger charge is -2.27. The van der Waals surface area contributed by atoms with Crippen molar-refractivity contribution >= 4 is 29.9 Å². The number of aliphatic imine (C=N–C) groups is 1. The van der Waals surface area contributed by atoms with Gasteiger partial charge in [0.1, 0.15) is 12.4 Å². The maximum atomic E-state index is 5.59. The van der Waals surface area contributed by atoms with E-state index in [9.17, 15) is 0 Å². The van der Waals surface area contributed by atoms with Crippen LogP contribution in [0.25, 0.3) is 0 Å². The fourth-order valence-electron chi connectivity index (χ4n) is 2.83. The van der Waals surface area contributed by atoms with E-state index in [0.29, 0.717) is 13.2 Å². The zero-order valence-corrected chi connectivity index (χ0v) is 20.8. The van der Waals surface area contributed by atoms with Crippen LogP contribution in [0.4, 0.5) is 0 Å². The van der Waals surface area contributed by atoms with Crippen molar-refractivity contribution in [3.05, 3.63) is 47.9 Å². The Balaban J connectivity index is 0.00000450. The van der Waals surface area contributed by atoms with E-state index in [2.05, 4.69) is 35.5 Å². The molecule has 2 rings (SSSR count). The van der Waals surface area contributed by atoms with Crippen LogP contribution in [0, 0.1) is 0 Å². The van der Waals surface area contributed by atoms with E-state index in [0.717, 1.165) is 48.3 Å². The highest BCUT2D eigenvalue weighted by molar-refractivity contribution is 14.0. The predicted molar refractivity (Wildman–Crippen MR) is 130 cm³/mol. The van der Waals surface area contributed by atoms with Gasteiger partial charge >= 0.3 is 0 Å². The second-order valence-corrected chi connectivity index (χ2v) is 7.29. The average Bonchev–Trinajstić information content (AvgIpc) is 3.25. The predicted octanol–water partition coefficient (Wildman–Crippen LogP) is 3.96. The van der Waals surface area contributed by atoms with Crippen molar-refractivity contribution in [1.29, 1.82) is 0 Å². The second-order valence-electron chi connectivity index (χ2n) is 7.29. The quantitative estimate of drug-likeness (QED) is 0.198. The minimum absolute atomic E-state index is 0. The Hall–Kier alpha value is -1.94. The van der Waals surface area contributed by atoms with Crippen LogP contribution in [0.5, 0.6) is 11.5 Å². The normalized spacial score (nSPS) is 11.6. The highest BCUT2D eigenvalue weighted by Gasteiger charge is 2.22. The SMILES string of the molecule is CN=C(NCCCOCc1ccco1)NCC(C)(C)c1ccc(OC)c(OC)c1.I. The van der Waals surface area contributed by atoms with Gasteiger partial charge < -0.3 is 29.3 Å². The van der Waals surface area contributed by atoms with Gasteiger partial charge in [-0.05, 0) is 36.2 Å². The number of guanidine groups is 1. The highest BCUT2D eigenvalue weighted by Crippen LogP contribution is 2.32. The lowest BCUT2D eigenvalue weighted by atomic mass is 9.84. The number of rotatable bonds is 11. The minimum Gasteiger partial charge on any atom is -0.493 e. The molecule has 8 heteroatoms. The molecule has 0 saturated carbocycles. The van der Waals surface area contributed by atoms with Gasteiger partial charge in [-0.15, -0.1) is 24.0 Å². The first kappa shape index (κ1) is 26.1. The number of nitrogens with zero attached hydrogens (tertiary/aromatic N) is 1. The Labute approximate surface area is 196 Å². The Morgan fingerprint density at radius 3 is 2.50 bits per heavy atom. The van der Waals surface area contributed by atoms with E-state index >= 15 is 0 Å². The van der Waals surface area contributed by atoms with Crippen molar-refractivity contribution in [3.63, 3.8) is 0 Å². The van der Waals surface area contributed by atoms with Gasteiger partial charge in [-0.2, -0.15) is 0 Å². The molecule has 0 unspecified atom stereocenters. The lowest BCUT2D eigenvalue weighted by Crippen LogP contribution is -2.43. The summed E-state index contributed by atoms with van der Waals surface area (Å²) in [6.07, 6.45) is 2.53. The molecule has 1 heterocycles. The summed E-state index contributed by atoms with van der Waals surface area (Å²) in [6.45, 7) is 7.00. The molecule has 0 fully saturated rings. The van der Waals surface area contributed by atoms with Gasteiger partial charge in [0.2, 0.25) is 0 Å². The van der Waals surface area contributed by atoms with Crippen LogP contribution in [0.2, 0.25) is 0 Å². The average molecular weight is 531 g/mol. The zero-order chi connectivity index (χ0) is 21.1. The monoisotopic (exact) mass is 531 g/mol. The molecule has 0 aliphatic rings. The maximum absolute atomic E-state index is 5.59. The number of furan rings is 1. The van der Waals surface area contributed by atoms with Crippen LogP contribution in [-0.4, -0.2) is 46.9 Å². The van der Waals surface area contributed by atoms with E-state index < -0.39 is 0 Å². The van der Waals surface area contributed by atoms with Crippen molar-refractivity contribution in [1.82, 2.24) is 10.6 Å². The number of halogens is 1. The first-order chi connectivity index (χ1) is 14.0. The van der Waals surface area contributed by atoms with Crippen LogP contribution in [0.1, 0.15) is 31.6 Å². The Bertz CT molecular complexity index is 764. The third-order valence-electron chi connectivity index (χ3n) is 4.67. The van der Waals surface area contributed by atoms with E-state index in [1.807, 2.05) is 24.3 Å². The van der Waals surface area contributed by atoms with Gasteiger partial charge in [0, 0.05) is 32.2 Å². The molecule has 1 aromatic carbocycles. The third-order valence-corrected chi connectivity index (χ3v) is 4.67. The number of benzene rings is 1. The molecular formula is C22H34IN3O4. The molecule has 2 N–H and O–H groups in total. The second kappa shape index (κ2) is 13.4. The topological polar surface area (TPSA) is 77.3 Å². The van der Waals surface area contributed by atoms with Gasteiger partial charge in [0.25, 0.3) is 0 Å². The first-order valence-electron chi connectivity index (χ1n) is 9.77. The number of methoxy groups -OCH3 is 2. The summed E-state index contributed by atoms with van der Waals surface area (Å²) in [5.74, 6) is 3.07. The summed E-state index contributed by atoms with van der Waals surface area (Å²) in [4.78, 5) is 4.30. The highest BCUT2D eigenvalue weighted by atomic mass is 127. The minimum atomic E-state index is -0.122. The van der Waals surface area contributed by atoms with Gasteiger partial charge in [-0.25, -0.2) is 0 Å². The van der Waals surface area contributed by atoms with Crippen LogP contribution in [-0.2, 0) is 16.8 Å². The van der Waals surface area contributed by atoms with Crippen molar-refractivity contribution in [2.75, 3.05) is 41.0 Å². The number of hydrogen-bond donors (Lipinski definition) is 2. The molecule has 0 aliphatic heterocycles. The lowest BCUT2D eigenvalue weighted by molar-refractivity contribution is 0.105. The van der Waals surface area contributed by atoms with Gasteiger partial charge in [0.15, 0.2) is 17.5 Å². The molecule has 0 spiro atoms. The summed E-state index contributed by atoms with van der Waals surface area (Å²) >= 11 is 0. The first-order valence-corrected chi connectivity index (χ1v) is 9.77. The van der Waals surface area contributed by atoms with Crippen molar-refractivity contribution in [2.45, 2.75) is 32.3 Å². The van der Waals surface area contributed by atoms with E-state index in [1.54, 1.807) is 27.5 Å². The largest absolute Gasteiger partial charge is 0.493 e. The van der Waals surface area contributed by atoms with Gasteiger partial charge in [-0.1, -0.05) is 19.9 Å². The molecule has 168 valence electrons. The zero-order valence-electron chi connectivity index (χ0n) is 18.5. The third kappa shape index (κ3) is 8.06. The molecule has 30 heavy (non-hydrogen) atoms. The summed E-state index contributed by atoms with van der Waals surface area (Å²) in [5, 5.41) is 6.72. The Morgan fingerprint density at radius 1 is 1.10 bits per heavy atom. The fourth-order valence-corrected chi connectivity index (χ4v) is 2.83. The van der Waals surface area contributed by atoms with Crippen LogP contribution >= 0.6 is 24.0 Å². The number of nitrogens with one attached hydrogen (secondary N) is 2. The molecule has 2 aromatic rings. The maximum Gasteiger partial charge on any atom is 0.191 e. The van der Waals surface area contributed by atoms with E-state index in [4.69, 9.17) is 18.6 Å². The molecule has 1 aromatic heterocycles. The molecule has 0 aliphatic carbocycles. The summed E-state index contributed by atoms with van der Waals surface area (Å²) in [7, 11) is 5.06. The van der Waals surface area contributed by atoms with Crippen molar-refractivity contribution < 1.29 is 18.6 Å². The Kier molecular flexibility index (Phi) is 11.6. The summed E-state index contributed by atoms with van der Waals surface area (Å²) < 4.78 is 21.6. The molecule has 7 nitrogen and oxygen atoms in total. The fraction of sp³-hybridized carbons (Fsp3) is 0.500. The van der Waals surface area contributed by atoms with Crippen LogP contribution in [0.15, 0.2) is 46.0 Å². The standard InChI is InChI=1S/C22H33N3O4.HI/c1-22(2,17-9-10-19(26-4)20(14-17)27-5)16-25-21(23-3)24-11-7-12-28-15-18-8-6-13-29-18;/h6,8-10,13-14H,7,11-12,15-16H2,1-5H3,(H2,23,24,25);1H. The van der Waals surface area contributed by atoms with E-state index in [-0.39, 0.29) is 29.4 Å². The summed E-state index contributed by atoms with van der Waals surface area (Å²) in [6, 6.07) is 9.79. The molecule has 0 radical (unpaired) electrons. The number of ether oxygens (including phenoxy) is 3. The summed E-state index contributed by atoms with van der Waals surface area (Å²) in [5.41, 5.74) is 1.04. The number of hydrogen-bond acceptors (Lipinski definition) is 5. The van der Waals surface area contributed by atoms with Crippen LogP contribution in [0.3, 0.4) is 0 Å². The van der Waals surface area contributed by atoms with Gasteiger partial charge in [-0.3, -0.25) is 4.99 Å².